The van der Waals surface area contributed by atoms with Crippen molar-refractivity contribution in [2.75, 3.05) is 11.9 Å². The molecule has 24 heavy (non-hydrogen) atoms. The van der Waals surface area contributed by atoms with E-state index in [1.165, 1.54) is 24.3 Å². The van der Waals surface area contributed by atoms with Crippen molar-refractivity contribution >= 4 is 17.5 Å². The van der Waals surface area contributed by atoms with Gasteiger partial charge in [-0.2, -0.15) is 8.78 Å². The summed E-state index contributed by atoms with van der Waals surface area (Å²) in [5.74, 6) is -0.968. The van der Waals surface area contributed by atoms with Crippen LogP contribution < -0.4 is 15.4 Å². The van der Waals surface area contributed by atoms with Gasteiger partial charge < -0.3 is 15.4 Å². The number of amides is 2. The lowest BCUT2D eigenvalue weighted by atomic mass is 10.1. The molecule has 2 amide bonds. The minimum Gasteiger partial charge on any atom is -0.435 e. The largest absolute Gasteiger partial charge is 0.435 e. The Morgan fingerprint density at radius 3 is 2.54 bits per heavy atom. The molecule has 0 aliphatic rings. The maximum atomic E-state index is 12.3. The lowest BCUT2D eigenvalue weighted by Gasteiger charge is -2.11. The normalized spacial score (nSPS) is 10.3. The van der Waals surface area contributed by atoms with Gasteiger partial charge in [0.15, 0.2) is 0 Å². The van der Waals surface area contributed by atoms with Crippen LogP contribution in [0.15, 0.2) is 48.5 Å². The Labute approximate surface area is 137 Å². The second-order valence-corrected chi connectivity index (χ2v) is 4.77. The maximum absolute atomic E-state index is 12.3. The first-order valence-electron chi connectivity index (χ1n) is 7.24. The van der Waals surface area contributed by atoms with Crippen LogP contribution in [-0.4, -0.2) is 25.0 Å². The molecule has 126 valence electrons. The number of carbonyl (C=O) groups excluding carboxylic acids is 2. The van der Waals surface area contributed by atoms with Crippen LogP contribution in [0.4, 0.5) is 14.5 Å². The van der Waals surface area contributed by atoms with Crippen LogP contribution in [0, 0.1) is 0 Å². The second kappa shape index (κ2) is 8.05. The average molecular weight is 334 g/mol. The molecule has 0 saturated heterocycles. The third-order valence-electron chi connectivity index (χ3n) is 3.08. The van der Waals surface area contributed by atoms with Crippen LogP contribution >= 0.6 is 0 Å². The van der Waals surface area contributed by atoms with Gasteiger partial charge in [0.25, 0.3) is 11.8 Å². The Kier molecular flexibility index (Phi) is 5.83. The van der Waals surface area contributed by atoms with Gasteiger partial charge in [-0.25, -0.2) is 0 Å². The van der Waals surface area contributed by atoms with E-state index in [0.717, 1.165) is 0 Å². The summed E-state index contributed by atoms with van der Waals surface area (Å²) in [5.41, 5.74) is 0.778. The highest BCUT2D eigenvalue weighted by atomic mass is 19.3. The van der Waals surface area contributed by atoms with Crippen molar-refractivity contribution < 1.29 is 23.1 Å². The van der Waals surface area contributed by atoms with Crippen LogP contribution in [0.5, 0.6) is 5.75 Å². The van der Waals surface area contributed by atoms with Crippen LogP contribution in [0.2, 0.25) is 0 Å². The van der Waals surface area contributed by atoms with E-state index < -0.39 is 12.5 Å². The molecule has 0 aromatic heterocycles. The molecule has 0 bridgehead atoms. The third-order valence-corrected chi connectivity index (χ3v) is 3.08. The van der Waals surface area contributed by atoms with E-state index in [2.05, 4.69) is 15.4 Å². The zero-order valence-corrected chi connectivity index (χ0v) is 12.9. The molecular weight excluding hydrogens is 318 g/mol. The van der Waals surface area contributed by atoms with Crippen molar-refractivity contribution in [1.82, 2.24) is 5.32 Å². The molecule has 5 nitrogen and oxygen atoms in total. The topological polar surface area (TPSA) is 67.4 Å². The van der Waals surface area contributed by atoms with Gasteiger partial charge in [-0.3, -0.25) is 9.59 Å². The summed E-state index contributed by atoms with van der Waals surface area (Å²) in [5, 5.41) is 5.26. The summed E-state index contributed by atoms with van der Waals surface area (Å²) in [6.45, 7) is -0.733. The van der Waals surface area contributed by atoms with Crippen LogP contribution in [-0.2, 0) is 0 Å². The molecule has 0 unspecified atom stereocenters. The molecule has 0 saturated carbocycles. The van der Waals surface area contributed by atoms with Gasteiger partial charge in [-0.15, -0.1) is 0 Å². The quantitative estimate of drug-likeness (QED) is 0.852. The second-order valence-electron chi connectivity index (χ2n) is 4.77. The van der Waals surface area contributed by atoms with Crippen LogP contribution in [0.1, 0.15) is 27.6 Å². The number of hydrogen-bond donors (Lipinski definition) is 2. The molecule has 0 spiro atoms. The number of hydrogen-bond acceptors (Lipinski definition) is 3. The molecule has 0 aliphatic carbocycles. The molecule has 2 aromatic rings. The number of para-hydroxylation sites is 1. The van der Waals surface area contributed by atoms with E-state index in [9.17, 15) is 18.4 Å². The first-order chi connectivity index (χ1) is 11.5. The first-order valence-corrected chi connectivity index (χ1v) is 7.24. The molecule has 0 heterocycles. The minimum atomic E-state index is -2.97. The fraction of sp³-hybridized carbons (Fsp3) is 0.176. The minimum absolute atomic E-state index is 0.116. The highest BCUT2D eigenvalue weighted by molar-refractivity contribution is 6.09. The van der Waals surface area contributed by atoms with Gasteiger partial charge in [0.1, 0.15) is 5.75 Å². The Balaban J connectivity index is 2.20. The molecule has 0 radical (unpaired) electrons. The summed E-state index contributed by atoms with van der Waals surface area (Å²) in [4.78, 5) is 24.3. The average Bonchev–Trinajstić information content (AvgIpc) is 2.55. The van der Waals surface area contributed by atoms with Gasteiger partial charge in [0.2, 0.25) is 0 Å². The molecule has 2 N–H and O–H groups in total. The molecule has 0 fully saturated rings. The lowest BCUT2D eigenvalue weighted by molar-refractivity contribution is -0.0498. The van der Waals surface area contributed by atoms with E-state index in [-0.39, 0.29) is 17.2 Å². The summed E-state index contributed by atoms with van der Waals surface area (Å²) in [7, 11) is 0. The fourth-order valence-corrected chi connectivity index (χ4v) is 2.05. The predicted molar refractivity (Wildman–Crippen MR) is 85.5 cm³/mol. The van der Waals surface area contributed by atoms with Gasteiger partial charge in [0.05, 0.1) is 11.3 Å². The summed E-state index contributed by atoms with van der Waals surface area (Å²) in [6.07, 6.45) is 0. The van der Waals surface area contributed by atoms with E-state index in [4.69, 9.17) is 0 Å². The van der Waals surface area contributed by atoms with Gasteiger partial charge in [-0.1, -0.05) is 18.2 Å². The number of anilines is 1. The summed E-state index contributed by atoms with van der Waals surface area (Å²) < 4.78 is 28.8. The molecule has 0 aliphatic heterocycles. The number of halogens is 2. The van der Waals surface area contributed by atoms with Crippen molar-refractivity contribution in [2.24, 2.45) is 0 Å². The zero-order chi connectivity index (χ0) is 17.5. The number of nitrogens with one attached hydrogen (secondary N) is 2. The molecule has 0 atom stereocenters. The predicted octanol–water partition coefficient (Wildman–Crippen LogP) is 3.29. The van der Waals surface area contributed by atoms with Gasteiger partial charge in [0, 0.05) is 12.1 Å². The maximum Gasteiger partial charge on any atom is 0.387 e. The first kappa shape index (κ1) is 17.4. The number of benzene rings is 2. The monoisotopic (exact) mass is 334 g/mol. The molecule has 7 heteroatoms. The van der Waals surface area contributed by atoms with Gasteiger partial charge >= 0.3 is 6.61 Å². The van der Waals surface area contributed by atoms with Crippen LogP contribution in [0.3, 0.4) is 0 Å². The zero-order valence-electron chi connectivity index (χ0n) is 12.9. The Morgan fingerprint density at radius 2 is 1.83 bits per heavy atom. The van der Waals surface area contributed by atoms with Crippen molar-refractivity contribution in [3.8, 4) is 5.75 Å². The Hall–Kier alpha value is -2.96. The summed E-state index contributed by atoms with van der Waals surface area (Å²) in [6, 6.07) is 11.9. The highest BCUT2D eigenvalue weighted by Gasteiger charge is 2.14. The van der Waals surface area contributed by atoms with E-state index in [1.54, 1.807) is 31.2 Å². The molecule has 2 aromatic carbocycles. The third kappa shape index (κ3) is 4.52. The SMILES string of the molecule is CCNC(=O)c1ccccc1NC(=O)c1cccc(OC(F)F)c1. The van der Waals surface area contributed by atoms with Gasteiger partial charge in [-0.05, 0) is 37.3 Å². The van der Waals surface area contributed by atoms with E-state index in [0.29, 0.717) is 17.8 Å². The van der Waals surface area contributed by atoms with Crippen LogP contribution in [0.25, 0.3) is 0 Å². The molecular formula is C17H16F2N2O3. The summed E-state index contributed by atoms with van der Waals surface area (Å²) >= 11 is 0. The number of carbonyl (C=O) groups is 2. The van der Waals surface area contributed by atoms with E-state index >= 15 is 0 Å². The number of rotatable bonds is 6. The fourth-order valence-electron chi connectivity index (χ4n) is 2.05. The molecule has 2 rings (SSSR count). The Bertz CT molecular complexity index is 735. The highest BCUT2D eigenvalue weighted by Crippen LogP contribution is 2.19. The number of ether oxygens (including phenoxy) is 1. The Morgan fingerprint density at radius 1 is 1.08 bits per heavy atom. The lowest BCUT2D eigenvalue weighted by Crippen LogP contribution is -2.24. The smallest absolute Gasteiger partial charge is 0.387 e. The number of alkyl halides is 2. The van der Waals surface area contributed by atoms with Crippen molar-refractivity contribution in [2.45, 2.75) is 13.5 Å². The van der Waals surface area contributed by atoms with Crippen molar-refractivity contribution in [1.29, 1.82) is 0 Å². The van der Waals surface area contributed by atoms with E-state index in [1.807, 2.05) is 0 Å². The van der Waals surface area contributed by atoms with Crippen molar-refractivity contribution in [3.05, 3.63) is 59.7 Å². The standard InChI is InChI=1S/C17H16F2N2O3/c1-2-20-16(23)13-8-3-4-9-14(13)21-15(22)11-6-5-7-12(10-11)24-17(18)19/h3-10,17H,2H2,1H3,(H,20,23)(H,21,22). The van der Waals surface area contributed by atoms with Crippen molar-refractivity contribution in [3.63, 3.8) is 0 Å².